The molecule has 4 aromatic rings. The Kier molecular flexibility index (Phi) is 4.15. The molecule has 8 heteroatoms. The second-order valence-electron chi connectivity index (χ2n) is 6.00. The summed E-state index contributed by atoms with van der Waals surface area (Å²) in [6.45, 7) is 0. The molecule has 0 aliphatic carbocycles. The van der Waals surface area contributed by atoms with Gasteiger partial charge in [0.05, 0.1) is 11.9 Å². The van der Waals surface area contributed by atoms with Gasteiger partial charge >= 0.3 is 5.97 Å². The number of carboxylic acid groups (broad SMARTS) is 1. The Labute approximate surface area is 156 Å². The first-order valence-corrected chi connectivity index (χ1v) is 8.10. The van der Waals surface area contributed by atoms with E-state index < -0.39 is 17.6 Å². The third kappa shape index (κ3) is 2.90. The third-order valence-corrected chi connectivity index (χ3v) is 4.27. The lowest BCUT2D eigenvalue weighted by atomic mass is 9.99. The predicted molar refractivity (Wildman–Crippen MR) is 96.1 cm³/mol. The minimum Gasteiger partial charge on any atom is -0.477 e. The molecular weight excluding hydrogens is 368 g/mol. The fourth-order valence-corrected chi connectivity index (χ4v) is 2.91. The highest BCUT2D eigenvalue weighted by atomic mass is 19.1. The summed E-state index contributed by atoms with van der Waals surface area (Å²) in [6, 6.07) is 9.51. The number of fused-ring (bicyclic) bond motifs is 1. The second-order valence-corrected chi connectivity index (χ2v) is 6.00. The Hall–Kier alpha value is -3.94. The maximum Gasteiger partial charge on any atom is 0.341 e. The molecular formula is C20H11F2N3O3. The molecule has 0 aliphatic heterocycles. The third-order valence-electron chi connectivity index (χ3n) is 4.27. The first-order chi connectivity index (χ1) is 13.5. The molecule has 0 amide bonds. The van der Waals surface area contributed by atoms with Crippen molar-refractivity contribution < 1.29 is 23.5 Å². The highest BCUT2D eigenvalue weighted by Gasteiger charge is 2.19. The summed E-state index contributed by atoms with van der Waals surface area (Å²) < 4.78 is 29.0. The van der Waals surface area contributed by atoms with E-state index in [0.717, 1.165) is 18.3 Å². The minimum absolute atomic E-state index is 0.0771. The lowest BCUT2D eigenvalue weighted by molar-refractivity contribution is 0.0698. The number of benzene rings is 2. The van der Waals surface area contributed by atoms with Crippen molar-refractivity contribution in [2.75, 3.05) is 0 Å². The summed E-state index contributed by atoms with van der Waals surface area (Å²) in [5, 5.41) is 13.3. The molecule has 0 atom stereocenters. The van der Waals surface area contributed by atoms with Crippen LogP contribution < -0.4 is 0 Å². The zero-order valence-electron chi connectivity index (χ0n) is 14.1. The van der Waals surface area contributed by atoms with Crippen LogP contribution in [0, 0.1) is 11.6 Å². The molecule has 0 unspecified atom stereocenters. The molecule has 2 heterocycles. The van der Waals surface area contributed by atoms with Crippen molar-refractivity contribution in [3.8, 4) is 22.4 Å². The molecule has 4 rings (SSSR count). The molecule has 0 saturated heterocycles. The molecule has 0 bridgehead atoms. The van der Waals surface area contributed by atoms with Crippen LogP contribution in [0.4, 0.5) is 8.78 Å². The van der Waals surface area contributed by atoms with E-state index in [-0.39, 0.29) is 22.5 Å². The molecule has 2 aromatic carbocycles. The Morgan fingerprint density at radius 1 is 1.07 bits per heavy atom. The number of aromatic nitrogens is 3. The van der Waals surface area contributed by atoms with Crippen molar-refractivity contribution in [2.24, 2.45) is 0 Å². The maximum atomic E-state index is 14.4. The zero-order chi connectivity index (χ0) is 19.8. The number of carbonyl (C=O) groups excluding carboxylic acids is 1. The predicted octanol–water partition coefficient (Wildman–Crippen LogP) is 3.85. The SMILES string of the molecule is O=Cc1ccc(-c2nc3c(C(=O)O)cnn3cc2-c2ccc(F)cc2F)cc1. The summed E-state index contributed by atoms with van der Waals surface area (Å²) in [6.07, 6.45) is 3.27. The van der Waals surface area contributed by atoms with E-state index in [2.05, 4.69) is 10.1 Å². The number of halogens is 2. The average molecular weight is 379 g/mol. The van der Waals surface area contributed by atoms with Crippen LogP contribution in [-0.4, -0.2) is 32.0 Å². The van der Waals surface area contributed by atoms with E-state index in [4.69, 9.17) is 0 Å². The van der Waals surface area contributed by atoms with Crippen LogP contribution in [-0.2, 0) is 0 Å². The summed E-state index contributed by atoms with van der Waals surface area (Å²) in [5.74, 6) is -2.72. The topological polar surface area (TPSA) is 84.6 Å². The number of aromatic carboxylic acids is 1. The molecule has 6 nitrogen and oxygen atoms in total. The summed E-state index contributed by atoms with van der Waals surface area (Å²) in [5.41, 5.74) is 1.59. The van der Waals surface area contributed by atoms with E-state index >= 15 is 0 Å². The summed E-state index contributed by atoms with van der Waals surface area (Å²) >= 11 is 0. The molecule has 2 aromatic heterocycles. The highest BCUT2D eigenvalue weighted by Crippen LogP contribution is 2.33. The standard InChI is InChI=1S/C20H11F2N3O3/c21-13-5-6-14(17(22)7-13)16-9-25-19(15(8-23-25)20(27)28)24-18(16)12-3-1-11(10-26)2-4-12/h1-10H,(H,27,28). The zero-order valence-corrected chi connectivity index (χ0v) is 14.1. The summed E-state index contributed by atoms with van der Waals surface area (Å²) in [7, 11) is 0. The van der Waals surface area contributed by atoms with Gasteiger partial charge in [0.15, 0.2) is 5.65 Å². The fourth-order valence-electron chi connectivity index (χ4n) is 2.91. The number of carboxylic acids is 1. The Morgan fingerprint density at radius 2 is 1.82 bits per heavy atom. The first-order valence-electron chi connectivity index (χ1n) is 8.10. The quantitative estimate of drug-likeness (QED) is 0.545. The lowest BCUT2D eigenvalue weighted by Gasteiger charge is -2.11. The molecule has 0 spiro atoms. The molecule has 0 saturated carbocycles. The molecule has 138 valence electrons. The Bertz CT molecular complexity index is 1230. The number of hydrogen-bond donors (Lipinski definition) is 1. The van der Waals surface area contributed by atoms with Gasteiger partial charge in [-0.3, -0.25) is 4.79 Å². The van der Waals surface area contributed by atoms with Crippen LogP contribution >= 0.6 is 0 Å². The number of nitrogens with zero attached hydrogens (tertiary/aromatic N) is 3. The number of aldehydes is 1. The molecule has 28 heavy (non-hydrogen) atoms. The van der Waals surface area contributed by atoms with Gasteiger partial charge in [-0.1, -0.05) is 24.3 Å². The minimum atomic E-state index is -1.20. The van der Waals surface area contributed by atoms with Crippen LogP contribution in [0.15, 0.2) is 54.9 Å². The van der Waals surface area contributed by atoms with Crippen molar-refractivity contribution >= 4 is 17.9 Å². The largest absolute Gasteiger partial charge is 0.477 e. The number of rotatable bonds is 4. The molecule has 0 fully saturated rings. The lowest BCUT2D eigenvalue weighted by Crippen LogP contribution is -2.02. The summed E-state index contributed by atoms with van der Waals surface area (Å²) in [4.78, 5) is 26.7. The maximum absolute atomic E-state index is 14.4. The smallest absolute Gasteiger partial charge is 0.341 e. The van der Waals surface area contributed by atoms with E-state index in [1.807, 2.05) is 0 Å². The van der Waals surface area contributed by atoms with Crippen molar-refractivity contribution in [3.63, 3.8) is 0 Å². The van der Waals surface area contributed by atoms with Crippen molar-refractivity contribution in [3.05, 3.63) is 77.6 Å². The second kappa shape index (κ2) is 6.66. The molecule has 1 N–H and O–H groups in total. The van der Waals surface area contributed by atoms with Gasteiger partial charge < -0.3 is 5.11 Å². The molecule has 0 radical (unpaired) electrons. The van der Waals surface area contributed by atoms with Crippen LogP contribution in [0.5, 0.6) is 0 Å². The Morgan fingerprint density at radius 3 is 2.46 bits per heavy atom. The van der Waals surface area contributed by atoms with Crippen LogP contribution in [0.2, 0.25) is 0 Å². The van der Waals surface area contributed by atoms with Gasteiger partial charge in [-0.05, 0) is 12.1 Å². The van der Waals surface area contributed by atoms with E-state index in [9.17, 15) is 23.5 Å². The number of hydrogen-bond acceptors (Lipinski definition) is 4. The normalized spacial score (nSPS) is 10.9. The van der Waals surface area contributed by atoms with Gasteiger partial charge in [0.2, 0.25) is 0 Å². The number of carbonyl (C=O) groups is 2. The monoisotopic (exact) mass is 379 g/mol. The van der Waals surface area contributed by atoms with Gasteiger partial charge in [-0.15, -0.1) is 0 Å². The van der Waals surface area contributed by atoms with Crippen LogP contribution in [0.1, 0.15) is 20.7 Å². The van der Waals surface area contributed by atoms with Crippen LogP contribution in [0.3, 0.4) is 0 Å². The van der Waals surface area contributed by atoms with Crippen molar-refractivity contribution in [1.29, 1.82) is 0 Å². The van der Waals surface area contributed by atoms with E-state index in [1.54, 1.807) is 24.3 Å². The fraction of sp³-hybridized carbons (Fsp3) is 0. The van der Waals surface area contributed by atoms with Gasteiger partial charge in [-0.25, -0.2) is 23.1 Å². The van der Waals surface area contributed by atoms with Crippen molar-refractivity contribution in [2.45, 2.75) is 0 Å². The van der Waals surface area contributed by atoms with Crippen molar-refractivity contribution in [1.82, 2.24) is 14.6 Å². The van der Waals surface area contributed by atoms with Gasteiger partial charge in [0.25, 0.3) is 0 Å². The van der Waals surface area contributed by atoms with E-state index in [0.29, 0.717) is 23.0 Å². The van der Waals surface area contributed by atoms with Crippen LogP contribution in [0.25, 0.3) is 28.0 Å². The molecule has 0 aliphatic rings. The van der Waals surface area contributed by atoms with Gasteiger partial charge in [0, 0.05) is 34.5 Å². The average Bonchev–Trinajstić information content (AvgIpc) is 3.10. The highest BCUT2D eigenvalue weighted by molar-refractivity contribution is 5.95. The van der Waals surface area contributed by atoms with Gasteiger partial charge in [0.1, 0.15) is 23.5 Å². The Balaban J connectivity index is 2.03. The van der Waals surface area contributed by atoms with Gasteiger partial charge in [-0.2, -0.15) is 5.10 Å². The first kappa shape index (κ1) is 17.5. The van der Waals surface area contributed by atoms with E-state index in [1.165, 1.54) is 16.8 Å².